The first-order valence-corrected chi connectivity index (χ1v) is 7.62. The Bertz CT molecular complexity index is 785. The number of carbonyl (C=O) groups is 1. The molecule has 0 radical (unpaired) electrons. The first-order chi connectivity index (χ1) is 10.9. The van der Waals surface area contributed by atoms with E-state index in [0.717, 1.165) is 5.56 Å². The minimum Gasteiger partial charge on any atom is -0.481 e. The zero-order valence-corrected chi connectivity index (χ0v) is 13.6. The molecule has 0 amide bonds. The van der Waals surface area contributed by atoms with Crippen molar-refractivity contribution >= 4 is 29.2 Å². The molecule has 0 spiro atoms. The standard InChI is InChI=1S/C17H14Cl2N2O2/c18-14-4-10(8-20)3-12(5-14)15-6-11(1-2-16(15)19)13(9-21)7-17(22)23/h1-6,13H,7,9,21H2,(H,22,23)/t13-/m0/s1. The molecule has 0 saturated carbocycles. The van der Waals surface area contributed by atoms with E-state index in [2.05, 4.69) is 0 Å². The first-order valence-electron chi connectivity index (χ1n) is 6.87. The lowest BCUT2D eigenvalue weighted by molar-refractivity contribution is -0.137. The van der Waals surface area contributed by atoms with Crippen molar-refractivity contribution in [2.75, 3.05) is 6.54 Å². The Morgan fingerprint density at radius 1 is 1.26 bits per heavy atom. The van der Waals surface area contributed by atoms with Gasteiger partial charge >= 0.3 is 5.97 Å². The average molecular weight is 349 g/mol. The third kappa shape index (κ3) is 4.23. The van der Waals surface area contributed by atoms with Gasteiger partial charge < -0.3 is 10.8 Å². The van der Waals surface area contributed by atoms with Gasteiger partial charge in [-0.2, -0.15) is 5.26 Å². The number of rotatable bonds is 5. The van der Waals surface area contributed by atoms with Crippen molar-refractivity contribution in [2.45, 2.75) is 12.3 Å². The van der Waals surface area contributed by atoms with Gasteiger partial charge in [0.25, 0.3) is 0 Å². The molecule has 0 unspecified atom stereocenters. The number of hydrogen-bond donors (Lipinski definition) is 2. The van der Waals surface area contributed by atoms with Crippen LogP contribution in [0.1, 0.15) is 23.5 Å². The Labute approximate surface area is 144 Å². The summed E-state index contributed by atoms with van der Waals surface area (Å²) in [5, 5.41) is 19.0. The minimum atomic E-state index is -0.911. The monoisotopic (exact) mass is 348 g/mol. The van der Waals surface area contributed by atoms with Crippen LogP contribution < -0.4 is 5.73 Å². The van der Waals surface area contributed by atoms with Crippen LogP contribution in [0.2, 0.25) is 10.0 Å². The van der Waals surface area contributed by atoms with Gasteiger partial charge in [0.2, 0.25) is 0 Å². The molecule has 4 nitrogen and oxygen atoms in total. The number of halogens is 2. The molecule has 0 bridgehead atoms. The molecule has 0 saturated heterocycles. The molecule has 0 heterocycles. The topological polar surface area (TPSA) is 87.1 Å². The lowest BCUT2D eigenvalue weighted by Crippen LogP contribution is -2.16. The summed E-state index contributed by atoms with van der Waals surface area (Å²) in [7, 11) is 0. The summed E-state index contributed by atoms with van der Waals surface area (Å²) in [6.45, 7) is 0.215. The van der Waals surface area contributed by atoms with Gasteiger partial charge in [-0.3, -0.25) is 4.79 Å². The maximum atomic E-state index is 11.0. The normalized spacial score (nSPS) is 11.7. The lowest BCUT2D eigenvalue weighted by atomic mass is 9.92. The SMILES string of the molecule is N#Cc1cc(Cl)cc(-c2cc([C@H](CN)CC(=O)O)ccc2Cl)c1. The quantitative estimate of drug-likeness (QED) is 0.853. The van der Waals surface area contributed by atoms with Crippen molar-refractivity contribution in [1.82, 2.24) is 0 Å². The molecule has 2 rings (SSSR count). The maximum Gasteiger partial charge on any atom is 0.304 e. The van der Waals surface area contributed by atoms with E-state index in [0.29, 0.717) is 26.7 Å². The summed E-state index contributed by atoms with van der Waals surface area (Å²) in [4.78, 5) is 11.0. The van der Waals surface area contributed by atoms with Crippen molar-refractivity contribution in [3.63, 3.8) is 0 Å². The van der Waals surface area contributed by atoms with Crippen LogP contribution in [0.4, 0.5) is 0 Å². The van der Waals surface area contributed by atoms with Crippen molar-refractivity contribution in [3.8, 4) is 17.2 Å². The van der Waals surface area contributed by atoms with Gasteiger partial charge in [0.1, 0.15) is 0 Å². The Morgan fingerprint density at radius 2 is 2.00 bits per heavy atom. The zero-order chi connectivity index (χ0) is 17.0. The highest BCUT2D eigenvalue weighted by atomic mass is 35.5. The van der Waals surface area contributed by atoms with Crippen LogP contribution in [0.15, 0.2) is 36.4 Å². The summed E-state index contributed by atoms with van der Waals surface area (Å²) >= 11 is 12.3. The molecule has 1 atom stereocenters. The van der Waals surface area contributed by atoms with Crippen LogP contribution in [0.3, 0.4) is 0 Å². The van der Waals surface area contributed by atoms with Gasteiger partial charge in [0, 0.05) is 21.5 Å². The van der Waals surface area contributed by atoms with Crippen molar-refractivity contribution < 1.29 is 9.90 Å². The average Bonchev–Trinajstić information content (AvgIpc) is 2.52. The molecule has 23 heavy (non-hydrogen) atoms. The summed E-state index contributed by atoms with van der Waals surface area (Å²) in [5.41, 5.74) is 8.29. The van der Waals surface area contributed by atoms with E-state index < -0.39 is 5.97 Å². The van der Waals surface area contributed by atoms with Gasteiger partial charge in [-0.05, 0) is 48.0 Å². The molecule has 2 aromatic carbocycles. The van der Waals surface area contributed by atoms with E-state index in [1.165, 1.54) is 0 Å². The minimum absolute atomic E-state index is 0.0590. The van der Waals surface area contributed by atoms with Crippen LogP contribution in [-0.4, -0.2) is 17.6 Å². The number of benzene rings is 2. The summed E-state index contributed by atoms with van der Waals surface area (Å²) in [6.07, 6.45) is -0.0590. The van der Waals surface area contributed by atoms with Crippen LogP contribution in [0.25, 0.3) is 11.1 Å². The second kappa shape index (κ2) is 7.47. The highest BCUT2D eigenvalue weighted by molar-refractivity contribution is 6.34. The summed E-state index contributed by atoms with van der Waals surface area (Å²) in [6, 6.07) is 12.3. The second-order valence-corrected chi connectivity index (χ2v) is 5.95. The zero-order valence-electron chi connectivity index (χ0n) is 12.1. The van der Waals surface area contributed by atoms with Crippen molar-refractivity contribution in [2.24, 2.45) is 5.73 Å². The predicted octanol–water partition coefficient (Wildman–Crippen LogP) is 4.05. The fourth-order valence-corrected chi connectivity index (χ4v) is 2.84. The van der Waals surface area contributed by atoms with E-state index in [1.807, 2.05) is 6.07 Å². The molecule has 6 heteroatoms. The molecule has 0 aliphatic carbocycles. The van der Waals surface area contributed by atoms with Crippen molar-refractivity contribution in [3.05, 3.63) is 57.6 Å². The van der Waals surface area contributed by atoms with Crippen molar-refractivity contribution in [1.29, 1.82) is 5.26 Å². The number of nitrogens with two attached hydrogens (primary N) is 1. The number of carboxylic acid groups (broad SMARTS) is 1. The van der Waals surface area contributed by atoms with Crippen LogP contribution in [0, 0.1) is 11.3 Å². The maximum absolute atomic E-state index is 11.0. The molecule has 0 fully saturated rings. The van der Waals surface area contributed by atoms with Crippen LogP contribution in [0.5, 0.6) is 0 Å². The lowest BCUT2D eigenvalue weighted by Gasteiger charge is -2.15. The predicted molar refractivity (Wildman–Crippen MR) is 90.7 cm³/mol. The fourth-order valence-electron chi connectivity index (χ4n) is 2.38. The van der Waals surface area contributed by atoms with E-state index >= 15 is 0 Å². The number of nitriles is 1. The number of nitrogens with zero attached hydrogens (tertiary/aromatic N) is 1. The molecule has 118 valence electrons. The van der Waals surface area contributed by atoms with Gasteiger partial charge in [0.15, 0.2) is 0 Å². The summed E-state index contributed by atoms with van der Waals surface area (Å²) < 4.78 is 0. The Morgan fingerprint density at radius 3 is 2.61 bits per heavy atom. The Hall–Kier alpha value is -2.06. The molecule has 0 aromatic heterocycles. The fraction of sp³-hybridized carbons (Fsp3) is 0.176. The Kier molecular flexibility index (Phi) is 5.62. The van der Waals surface area contributed by atoms with E-state index in [9.17, 15) is 4.79 Å². The largest absolute Gasteiger partial charge is 0.481 e. The van der Waals surface area contributed by atoms with Gasteiger partial charge in [-0.1, -0.05) is 29.3 Å². The van der Waals surface area contributed by atoms with Crippen LogP contribution in [-0.2, 0) is 4.79 Å². The molecule has 2 aromatic rings. The number of carboxylic acids is 1. The van der Waals surface area contributed by atoms with Gasteiger partial charge in [-0.25, -0.2) is 0 Å². The third-order valence-electron chi connectivity index (χ3n) is 3.51. The highest BCUT2D eigenvalue weighted by Gasteiger charge is 2.16. The number of aliphatic carboxylic acids is 1. The van der Waals surface area contributed by atoms with Gasteiger partial charge in [-0.15, -0.1) is 0 Å². The van der Waals surface area contributed by atoms with E-state index in [1.54, 1.807) is 36.4 Å². The molecule has 0 aliphatic rings. The molecular weight excluding hydrogens is 335 g/mol. The highest BCUT2D eigenvalue weighted by Crippen LogP contribution is 2.33. The first kappa shape index (κ1) is 17.3. The molecule has 0 aliphatic heterocycles. The third-order valence-corrected chi connectivity index (χ3v) is 4.05. The molecular formula is C17H14Cl2N2O2. The summed E-state index contributed by atoms with van der Waals surface area (Å²) in [5.74, 6) is -1.22. The second-order valence-electron chi connectivity index (χ2n) is 5.11. The Balaban J connectivity index is 2.51. The van der Waals surface area contributed by atoms with E-state index in [4.69, 9.17) is 39.3 Å². The smallest absolute Gasteiger partial charge is 0.304 e. The number of hydrogen-bond acceptors (Lipinski definition) is 3. The van der Waals surface area contributed by atoms with Crippen LogP contribution >= 0.6 is 23.2 Å². The van der Waals surface area contributed by atoms with E-state index in [-0.39, 0.29) is 18.9 Å². The van der Waals surface area contributed by atoms with Gasteiger partial charge in [0.05, 0.1) is 18.1 Å². The molecule has 3 N–H and O–H groups in total.